The molecule has 1 heterocycles. The molecule has 1 aromatic heterocycles. The van der Waals surface area contributed by atoms with Crippen molar-refractivity contribution in [1.29, 1.82) is 0 Å². The SMILES string of the molecule is CC(C)(C)NCc1ccc(-n2cccn2)c(F)c1. The van der Waals surface area contributed by atoms with Gasteiger partial charge in [-0.05, 0) is 44.5 Å². The summed E-state index contributed by atoms with van der Waals surface area (Å²) in [6.45, 7) is 6.91. The first-order chi connectivity index (χ1) is 8.46. The predicted octanol–water partition coefficient (Wildman–Crippen LogP) is 2.90. The Morgan fingerprint density at radius 1 is 1.33 bits per heavy atom. The van der Waals surface area contributed by atoms with Crippen molar-refractivity contribution in [1.82, 2.24) is 15.1 Å². The third-order valence-corrected chi connectivity index (χ3v) is 2.59. The third-order valence-electron chi connectivity index (χ3n) is 2.59. The number of benzene rings is 1. The van der Waals surface area contributed by atoms with Gasteiger partial charge in [0.15, 0.2) is 0 Å². The maximum absolute atomic E-state index is 13.9. The summed E-state index contributed by atoms with van der Waals surface area (Å²) in [4.78, 5) is 0. The molecular formula is C14H18FN3. The van der Waals surface area contributed by atoms with Crippen LogP contribution in [-0.4, -0.2) is 15.3 Å². The molecule has 0 aliphatic rings. The van der Waals surface area contributed by atoms with Crippen LogP contribution >= 0.6 is 0 Å². The van der Waals surface area contributed by atoms with E-state index in [1.54, 1.807) is 30.6 Å². The van der Waals surface area contributed by atoms with Crippen LogP contribution in [0.4, 0.5) is 4.39 Å². The minimum atomic E-state index is -0.257. The zero-order valence-electron chi connectivity index (χ0n) is 10.9. The van der Waals surface area contributed by atoms with Crippen LogP contribution in [0.15, 0.2) is 36.7 Å². The number of nitrogens with one attached hydrogen (secondary N) is 1. The molecule has 3 nitrogen and oxygen atoms in total. The summed E-state index contributed by atoms with van der Waals surface area (Å²) in [5, 5.41) is 7.35. The van der Waals surface area contributed by atoms with Crippen LogP contribution < -0.4 is 5.32 Å². The molecule has 1 aromatic carbocycles. The molecule has 0 aliphatic heterocycles. The minimum absolute atomic E-state index is 0.0249. The average Bonchev–Trinajstić information content (AvgIpc) is 2.79. The lowest BCUT2D eigenvalue weighted by molar-refractivity contribution is 0.423. The van der Waals surface area contributed by atoms with E-state index in [1.165, 1.54) is 4.68 Å². The molecule has 0 atom stereocenters. The maximum atomic E-state index is 13.9. The molecule has 0 aliphatic carbocycles. The molecular weight excluding hydrogens is 229 g/mol. The van der Waals surface area contributed by atoms with Crippen molar-refractivity contribution in [2.24, 2.45) is 0 Å². The van der Waals surface area contributed by atoms with Crippen molar-refractivity contribution in [2.75, 3.05) is 0 Å². The summed E-state index contributed by atoms with van der Waals surface area (Å²) in [5.41, 5.74) is 1.43. The second-order valence-corrected chi connectivity index (χ2v) is 5.34. The summed E-state index contributed by atoms with van der Waals surface area (Å²) < 4.78 is 15.5. The molecule has 0 saturated heterocycles. The quantitative estimate of drug-likeness (QED) is 0.903. The van der Waals surface area contributed by atoms with E-state index in [9.17, 15) is 4.39 Å². The van der Waals surface area contributed by atoms with Crippen molar-refractivity contribution < 1.29 is 4.39 Å². The van der Waals surface area contributed by atoms with E-state index in [0.29, 0.717) is 12.2 Å². The minimum Gasteiger partial charge on any atom is -0.308 e. The highest BCUT2D eigenvalue weighted by Gasteiger charge is 2.10. The number of halogens is 1. The Labute approximate surface area is 107 Å². The summed E-state index contributed by atoms with van der Waals surface area (Å²) >= 11 is 0. The molecule has 0 amide bonds. The van der Waals surface area contributed by atoms with Crippen molar-refractivity contribution in [3.05, 3.63) is 48.0 Å². The van der Waals surface area contributed by atoms with Crippen molar-refractivity contribution in [3.8, 4) is 5.69 Å². The van der Waals surface area contributed by atoms with Crippen LogP contribution in [0.1, 0.15) is 26.3 Å². The lowest BCUT2D eigenvalue weighted by Gasteiger charge is -2.20. The summed E-state index contributed by atoms with van der Waals surface area (Å²) in [6.07, 6.45) is 3.36. The number of aromatic nitrogens is 2. The molecule has 0 spiro atoms. The van der Waals surface area contributed by atoms with E-state index in [2.05, 4.69) is 31.2 Å². The largest absolute Gasteiger partial charge is 0.308 e. The fourth-order valence-electron chi connectivity index (χ4n) is 1.62. The van der Waals surface area contributed by atoms with Crippen LogP contribution in [0.5, 0.6) is 0 Å². The highest BCUT2D eigenvalue weighted by molar-refractivity contribution is 5.35. The average molecular weight is 247 g/mol. The van der Waals surface area contributed by atoms with Gasteiger partial charge in [0.1, 0.15) is 11.5 Å². The summed E-state index contributed by atoms with van der Waals surface area (Å²) in [5.74, 6) is -0.257. The van der Waals surface area contributed by atoms with Gasteiger partial charge in [0, 0.05) is 24.5 Å². The van der Waals surface area contributed by atoms with Gasteiger partial charge in [0.25, 0.3) is 0 Å². The van der Waals surface area contributed by atoms with E-state index in [0.717, 1.165) is 5.56 Å². The Kier molecular flexibility index (Phi) is 3.48. The van der Waals surface area contributed by atoms with Crippen molar-refractivity contribution in [3.63, 3.8) is 0 Å². The van der Waals surface area contributed by atoms with Gasteiger partial charge in [0.2, 0.25) is 0 Å². The predicted molar refractivity (Wildman–Crippen MR) is 70.1 cm³/mol. The van der Waals surface area contributed by atoms with Crippen LogP contribution in [-0.2, 0) is 6.54 Å². The Balaban J connectivity index is 2.15. The summed E-state index contributed by atoms with van der Waals surface area (Å²) in [6, 6.07) is 6.99. The molecule has 1 N–H and O–H groups in total. The molecule has 2 rings (SSSR count). The van der Waals surface area contributed by atoms with E-state index < -0.39 is 0 Å². The van der Waals surface area contributed by atoms with Crippen LogP contribution in [0, 0.1) is 5.82 Å². The van der Waals surface area contributed by atoms with Crippen molar-refractivity contribution in [2.45, 2.75) is 32.9 Å². The number of rotatable bonds is 3. The van der Waals surface area contributed by atoms with E-state index >= 15 is 0 Å². The lowest BCUT2D eigenvalue weighted by Crippen LogP contribution is -2.35. The van der Waals surface area contributed by atoms with Crippen molar-refractivity contribution >= 4 is 0 Å². The van der Waals surface area contributed by atoms with Gasteiger partial charge in [-0.2, -0.15) is 5.10 Å². The Hall–Kier alpha value is -1.68. The zero-order valence-corrected chi connectivity index (χ0v) is 10.9. The Morgan fingerprint density at radius 2 is 2.11 bits per heavy atom. The third kappa shape index (κ3) is 3.17. The number of nitrogens with zero attached hydrogens (tertiary/aromatic N) is 2. The first-order valence-corrected chi connectivity index (χ1v) is 5.99. The Bertz CT molecular complexity index is 512. The van der Waals surface area contributed by atoms with Gasteiger partial charge in [-0.1, -0.05) is 6.07 Å². The normalized spacial score (nSPS) is 11.8. The molecule has 0 saturated carbocycles. The second-order valence-electron chi connectivity index (χ2n) is 5.34. The van der Waals surface area contributed by atoms with Crippen LogP contribution in [0.2, 0.25) is 0 Å². The maximum Gasteiger partial charge on any atom is 0.149 e. The summed E-state index contributed by atoms with van der Waals surface area (Å²) in [7, 11) is 0. The second kappa shape index (κ2) is 4.90. The van der Waals surface area contributed by atoms with Crippen LogP contribution in [0.3, 0.4) is 0 Å². The highest BCUT2D eigenvalue weighted by atomic mass is 19.1. The molecule has 0 unspecified atom stereocenters. The van der Waals surface area contributed by atoms with Gasteiger partial charge in [-0.3, -0.25) is 0 Å². The van der Waals surface area contributed by atoms with Gasteiger partial charge in [-0.15, -0.1) is 0 Å². The first kappa shape index (κ1) is 12.8. The fraction of sp³-hybridized carbons (Fsp3) is 0.357. The van der Waals surface area contributed by atoms with Gasteiger partial charge >= 0.3 is 0 Å². The standard InChI is InChI=1S/C14H18FN3/c1-14(2,3)16-10-11-5-6-13(12(15)9-11)18-8-4-7-17-18/h4-9,16H,10H2,1-3H3. The molecule has 0 bridgehead atoms. The molecule has 2 aromatic rings. The molecule has 0 fully saturated rings. The number of hydrogen-bond acceptors (Lipinski definition) is 2. The zero-order chi connectivity index (χ0) is 13.2. The molecule has 18 heavy (non-hydrogen) atoms. The monoisotopic (exact) mass is 247 g/mol. The number of hydrogen-bond donors (Lipinski definition) is 1. The van der Waals surface area contributed by atoms with Gasteiger partial charge in [-0.25, -0.2) is 9.07 Å². The highest BCUT2D eigenvalue weighted by Crippen LogP contribution is 2.15. The molecule has 96 valence electrons. The first-order valence-electron chi connectivity index (χ1n) is 5.99. The Morgan fingerprint density at radius 3 is 2.67 bits per heavy atom. The van der Waals surface area contributed by atoms with Gasteiger partial charge in [0.05, 0.1) is 0 Å². The van der Waals surface area contributed by atoms with Crippen LogP contribution in [0.25, 0.3) is 5.69 Å². The topological polar surface area (TPSA) is 29.9 Å². The van der Waals surface area contributed by atoms with E-state index in [4.69, 9.17) is 0 Å². The molecule has 4 heteroatoms. The lowest BCUT2D eigenvalue weighted by atomic mass is 10.1. The fourth-order valence-corrected chi connectivity index (χ4v) is 1.62. The van der Waals surface area contributed by atoms with E-state index in [-0.39, 0.29) is 11.4 Å². The molecule has 0 radical (unpaired) electrons. The smallest absolute Gasteiger partial charge is 0.149 e. The van der Waals surface area contributed by atoms with E-state index in [1.807, 2.05) is 6.07 Å². The van der Waals surface area contributed by atoms with Gasteiger partial charge < -0.3 is 5.32 Å².